The summed E-state index contributed by atoms with van der Waals surface area (Å²) in [4.78, 5) is 16.1. The van der Waals surface area contributed by atoms with E-state index in [2.05, 4.69) is 35.9 Å². The Morgan fingerprint density at radius 3 is 2.86 bits per heavy atom. The lowest BCUT2D eigenvalue weighted by Crippen LogP contribution is -2.25. The number of pyridine rings is 1. The molecule has 1 aliphatic heterocycles. The van der Waals surface area contributed by atoms with E-state index in [1.54, 1.807) is 6.20 Å². The number of ether oxygens (including phenoxy) is 1. The van der Waals surface area contributed by atoms with Gasteiger partial charge in [0.05, 0.1) is 31.6 Å². The number of nitrogens with one attached hydrogen (secondary N) is 3. The van der Waals surface area contributed by atoms with Crippen molar-refractivity contribution in [3.8, 4) is 11.4 Å². The van der Waals surface area contributed by atoms with Gasteiger partial charge in [0.1, 0.15) is 17.3 Å². The summed E-state index contributed by atoms with van der Waals surface area (Å²) in [6.45, 7) is 4.00. The number of aliphatic hydroxyl groups is 1. The third kappa shape index (κ3) is 5.61. The molecule has 0 amide bonds. The molecule has 0 radical (unpaired) electrons. The van der Waals surface area contributed by atoms with Crippen LogP contribution in [0.4, 0.5) is 23.4 Å². The van der Waals surface area contributed by atoms with Crippen LogP contribution in [0, 0.1) is 6.92 Å². The topological polar surface area (TPSA) is 150 Å². The number of hydrogen-bond donors (Lipinski definition) is 4. The van der Waals surface area contributed by atoms with Crippen LogP contribution in [0.1, 0.15) is 30.3 Å². The van der Waals surface area contributed by atoms with Crippen molar-refractivity contribution in [2.75, 3.05) is 48.4 Å². The lowest BCUT2D eigenvalue weighted by molar-refractivity contribution is 0.0992. The second-order valence-corrected chi connectivity index (χ2v) is 8.44. The fourth-order valence-electron chi connectivity index (χ4n) is 4.13. The van der Waals surface area contributed by atoms with Crippen LogP contribution in [0.2, 0.25) is 0 Å². The molecule has 5 heterocycles. The zero-order valence-corrected chi connectivity index (χ0v) is 20.0. The Labute approximate surface area is 208 Å². The maximum Gasteiger partial charge on any atom is 0.229 e. The lowest BCUT2D eigenvalue weighted by Gasteiger charge is -2.23. The molecule has 36 heavy (non-hydrogen) atoms. The zero-order chi connectivity index (χ0) is 24.7. The Morgan fingerprint density at radius 2 is 2.06 bits per heavy atom. The van der Waals surface area contributed by atoms with Gasteiger partial charge in [0.2, 0.25) is 5.95 Å². The molecule has 188 valence electrons. The number of aryl methyl sites for hydroxylation is 1. The first-order chi connectivity index (χ1) is 17.7. The summed E-state index contributed by atoms with van der Waals surface area (Å²) >= 11 is 0. The van der Waals surface area contributed by atoms with Crippen LogP contribution in [0.3, 0.4) is 0 Å². The van der Waals surface area contributed by atoms with Crippen LogP contribution in [0.5, 0.6) is 0 Å². The number of hydrogen-bond acceptors (Lipinski definition) is 11. The third-order valence-electron chi connectivity index (χ3n) is 5.76. The SMILES string of the molecule is Cc1cc(Nc2cc(NCCOCCO)nc(N3CCC[C@H]3c3cc(-c4ccccn4)no3)n2)n[nH]1. The highest BCUT2D eigenvalue weighted by Gasteiger charge is 2.32. The maximum atomic E-state index is 8.90. The average Bonchev–Trinajstić information content (AvgIpc) is 3.65. The molecule has 1 aliphatic rings. The Bertz CT molecular complexity index is 1260. The first-order valence-electron chi connectivity index (χ1n) is 11.9. The largest absolute Gasteiger partial charge is 0.394 e. The van der Waals surface area contributed by atoms with Gasteiger partial charge < -0.3 is 29.9 Å². The molecule has 1 atom stereocenters. The van der Waals surface area contributed by atoms with Gasteiger partial charge in [0.15, 0.2) is 11.6 Å². The number of nitrogens with zero attached hydrogens (tertiary/aromatic N) is 6. The predicted octanol–water partition coefficient (Wildman–Crippen LogP) is 3.06. The van der Waals surface area contributed by atoms with E-state index in [9.17, 15) is 0 Å². The van der Waals surface area contributed by atoms with Crippen molar-refractivity contribution in [1.82, 2.24) is 30.3 Å². The quantitative estimate of drug-likeness (QED) is 0.229. The molecule has 4 aromatic rings. The van der Waals surface area contributed by atoms with Gasteiger partial charge in [-0.25, -0.2) is 0 Å². The molecule has 4 aromatic heterocycles. The van der Waals surface area contributed by atoms with Gasteiger partial charge in [-0.3, -0.25) is 10.1 Å². The van der Waals surface area contributed by atoms with Crippen LogP contribution in [0.25, 0.3) is 11.4 Å². The highest BCUT2D eigenvalue weighted by molar-refractivity contribution is 5.60. The van der Waals surface area contributed by atoms with Crippen LogP contribution in [-0.2, 0) is 4.74 Å². The van der Waals surface area contributed by atoms with Crippen molar-refractivity contribution in [1.29, 1.82) is 0 Å². The van der Waals surface area contributed by atoms with E-state index >= 15 is 0 Å². The lowest BCUT2D eigenvalue weighted by atomic mass is 10.1. The van der Waals surface area contributed by atoms with E-state index in [-0.39, 0.29) is 12.6 Å². The summed E-state index contributed by atoms with van der Waals surface area (Å²) < 4.78 is 11.1. The molecule has 5 rings (SSSR count). The van der Waals surface area contributed by atoms with Crippen molar-refractivity contribution >= 4 is 23.4 Å². The number of aromatic amines is 1. The Morgan fingerprint density at radius 1 is 1.14 bits per heavy atom. The standard InChI is InChI=1S/C24H29N9O3/c1-16-13-23(31-30-16)27-22-15-21(26-8-11-35-12-10-34)28-24(29-22)33-9-4-6-19(33)20-14-18(32-36-20)17-5-2-3-7-25-17/h2-3,5,7,13-15,19,34H,4,6,8-12H2,1H3,(H3,26,27,28,29,30,31)/t19-/m0/s1. The second kappa shape index (κ2) is 11.1. The molecule has 1 fully saturated rings. The number of anilines is 4. The summed E-state index contributed by atoms with van der Waals surface area (Å²) in [6, 6.07) is 11.3. The van der Waals surface area contributed by atoms with Crippen molar-refractivity contribution < 1.29 is 14.4 Å². The molecule has 0 spiro atoms. The minimum Gasteiger partial charge on any atom is -0.394 e. The molecule has 0 aromatic carbocycles. The molecule has 12 heteroatoms. The minimum atomic E-state index is -0.0430. The van der Waals surface area contributed by atoms with Gasteiger partial charge in [0, 0.05) is 43.2 Å². The third-order valence-corrected chi connectivity index (χ3v) is 5.76. The fourth-order valence-corrected chi connectivity index (χ4v) is 4.13. The van der Waals surface area contributed by atoms with Crippen LogP contribution in [0.15, 0.2) is 47.1 Å². The second-order valence-electron chi connectivity index (χ2n) is 8.44. The number of rotatable bonds is 11. The molecule has 4 N–H and O–H groups in total. The van der Waals surface area contributed by atoms with Gasteiger partial charge in [-0.15, -0.1) is 0 Å². The summed E-state index contributed by atoms with van der Waals surface area (Å²) in [5.41, 5.74) is 2.41. The summed E-state index contributed by atoms with van der Waals surface area (Å²) in [5.74, 6) is 3.26. The van der Waals surface area contributed by atoms with Gasteiger partial charge in [0.25, 0.3) is 0 Å². The monoisotopic (exact) mass is 491 g/mol. The molecule has 0 saturated carbocycles. The van der Waals surface area contributed by atoms with Crippen molar-refractivity contribution in [3.05, 3.63) is 54.0 Å². The van der Waals surface area contributed by atoms with Gasteiger partial charge in [-0.2, -0.15) is 15.1 Å². The van der Waals surface area contributed by atoms with Gasteiger partial charge in [-0.05, 0) is 31.9 Å². The van der Waals surface area contributed by atoms with Crippen molar-refractivity contribution in [2.24, 2.45) is 0 Å². The molecule has 0 bridgehead atoms. The highest BCUT2D eigenvalue weighted by atomic mass is 16.5. The summed E-state index contributed by atoms with van der Waals surface area (Å²) in [6.07, 6.45) is 3.61. The highest BCUT2D eigenvalue weighted by Crippen LogP contribution is 2.36. The molecule has 0 aliphatic carbocycles. The normalized spacial score (nSPS) is 15.4. The summed E-state index contributed by atoms with van der Waals surface area (Å²) in [5, 5.41) is 26.9. The Balaban J connectivity index is 1.39. The number of H-pyrrole nitrogens is 1. The predicted molar refractivity (Wildman–Crippen MR) is 134 cm³/mol. The van der Waals surface area contributed by atoms with Crippen molar-refractivity contribution in [3.63, 3.8) is 0 Å². The molecular weight excluding hydrogens is 462 g/mol. The molecule has 0 unspecified atom stereocenters. The minimum absolute atomic E-state index is 0.00512. The van der Waals surface area contributed by atoms with E-state index in [1.807, 2.05) is 43.3 Å². The first kappa shape index (κ1) is 23.7. The average molecular weight is 492 g/mol. The smallest absolute Gasteiger partial charge is 0.229 e. The first-order valence-corrected chi connectivity index (χ1v) is 11.9. The molecule has 12 nitrogen and oxygen atoms in total. The number of aromatic nitrogens is 6. The van der Waals surface area contributed by atoms with E-state index in [0.29, 0.717) is 48.9 Å². The van der Waals surface area contributed by atoms with Crippen LogP contribution in [-0.4, -0.2) is 68.3 Å². The van der Waals surface area contributed by atoms with Crippen LogP contribution >= 0.6 is 0 Å². The Kier molecular flexibility index (Phi) is 7.33. The zero-order valence-electron chi connectivity index (χ0n) is 20.0. The molecular formula is C24H29N9O3. The summed E-state index contributed by atoms with van der Waals surface area (Å²) in [7, 11) is 0. The van der Waals surface area contributed by atoms with E-state index in [4.69, 9.17) is 24.3 Å². The van der Waals surface area contributed by atoms with Crippen molar-refractivity contribution in [2.45, 2.75) is 25.8 Å². The maximum absolute atomic E-state index is 8.90. The molecule has 1 saturated heterocycles. The van der Waals surface area contributed by atoms with E-state index in [0.717, 1.165) is 36.5 Å². The van der Waals surface area contributed by atoms with E-state index < -0.39 is 0 Å². The fraction of sp³-hybridized carbons (Fsp3) is 0.375. The van der Waals surface area contributed by atoms with Crippen LogP contribution < -0.4 is 15.5 Å². The number of aliphatic hydroxyl groups excluding tert-OH is 1. The van der Waals surface area contributed by atoms with Gasteiger partial charge in [-0.1, -0.05) is 11.2 Å². The van der Waals surface area contributed by atoms with Gasteiger partial charge >= 0.3 is 0 Å². The van der Waals surface area contributed by atoms with E-state index in [1.165, 1.54) is 0 Å². The Hall–Kier alpha value is -4.03.